The lowest BCUT2D eigenvalue weighted by molar-refractivity contribution is -0.352. The van der Waals surface area contributed by atoms with Crippen molar-refractivity contribution in [1.82, 2.24) is 0 Å². The molecule has 1 aromatic rings. The lowest BCUT2D eigenvalue weighted by atomic mass is 9.83. The molecule has 0 fully saturated rings. The van der Waals surface area contributed by atoms with Gasteiger partial charge in [-0.3, -0.25) is 0 Å². The molecule has 3 nitrogen and oxygen atoms in total. The number of halogens is 7. The highest BCUT2D eigenvalue weighted by molar-refractivity contribution is 5.89. The Labute approximate surface area is 138 Å². The van der Waals surface area contributed by atoms with Crippen LogP contribution in [0.25, 0.3) is 0 Å². The van der Waals surface area contributed by atoms with E-state index in [0.717, 1.165) is 24.3 Å². The van der Waals surface area contributed by atoms with E-state index in [1.54, 1.807) is 0 Å². The summed E-state index contributed by atoms with van der Waals surface area (Å²) in [6, 6.07) is 3.95. The van der Waals surface area contributed by atoms with Crippen LogP contribution >= 0.6 is 0 Å². The Morgan fingerprint density at radius 1 is 1.00 bits per heavy atom. The van der Waals surface area contributed by atoms with Crippen LogP contribution in [0.5, 0.6) is 0 Å². The lowest BCUT2D eigenvalue weighted by Gasteiger charge is -2.36. The summed E-state index contributed by atoms with van der Waals surface area (Å²) in [5.41, 5.74) is -8.84. The molecule has 0 bridgehead atoms. The van der Waals surface area contributed by atoms with Gasteiger partial charge in [-0.1, -0.05) is 12.1 Å². The summed E-state index contributed by atoms with van der Waals surface area (Å²) in [6.07, 6.45) is -14.8. The molecule has 0 aromatic heterocycles. The fourth-order valence-corrected chi connectivity index (χ4v) is 2.12. The third kappa shape index (κ3) is 4.42. The van der Waals surface area contributed by atoms with Gasteiger partial charge >= 0.3 is 24.0 Å². The van der Waals surface area contributed by atoms with Gasteiger partial charge in [0.05, 0.1) is 17.8 Å². The Kier molecular flexibility index (Phi) is 5.78. The van der Waals surface area contributed by atoms with Crippen molar-refractivity contribution in [2.75, 3.05) is 6.61 Å². The standard InChI is InChI=1S/C15H15F7O3/c1-3-25-11(23)9-4-6-10(7-5-9)12(2,24)8-13(16,14(17,18)19)15(20,21)22/h4-7,24H,3,8H2,1-2H3. The molecule has 0 radical (unpaired) electrons. The van der Waals surface area contributed by atoms with Gasteiger partial charge in [0.2, 0.25) is 0 Å². The average molecular weight is 376 g/mol. The molecule has 142 valence electrons. The number of carbonyl (C=O) groups excluding carboxylic acids is 1. The van der Waals surface area contributed by atoms with Crippen molar-refractivity contribution in [1.29, 1.82) is 0 Å². The number of alkyl halides is 7. The van der Waals surface area contributed by atoms with E-state index in [-0.39, 0.29) is 12.2 Å². The Hall–Kier alpha value is -1.84. The van der Waals surface area contributed by atoms with Gasteiger partial charge in [0, 0.05) is 6.42 Å². The van der Waals surface area contributed by atoms with Crippen LogP contribution in [0.2, 0.25) is 0 Å². The summed E-state index contributed by atoms with van der Waals surface area (Å²) < 4.78 is 94.3. The minimum absolute atomic E-state index is 0.0282. The second kappa shape index (κ2) is 6.81. The molecule has 0 aliphatic heterocycles. The molecule has 1 rings (SSSR count). The molecule has 0 aliphatic carbocycles. The van der Waals surface area contributed by atoms with Crippen molar-refractivity contribution >= 4 is 5.97 Å². The van der Waals surface area contributed by atoms with Crippen molar-refractivity contribution in [3.8, 4) is 0 Å². The third-order valence-corrected chi connectivity index (χ3v) is 3.50. The maximum atomic E-state index is 13.8. The van der Waals surface area contributed by atoms with E-state index in [1.807, 2.05) is 0 Å². The molecule has 1 unspecified atom stereocenters. The molecular weight excluding hydrogens is 361 g/mol. The van der Waals surface area contributed by atoms with E-state index in [0.29, 0.717) is 6.92 Å². The number of rotatable bonds is 5. The summed E-state index contributed by atoms with van der Waals surface area (Å²) >= 11 is 0. The van der Waals surface area contributed by atoms with E-state index in [4.69, 9.17) is 0 Å². The van der Waals surface area contributed by atoms with Crippen LogP contribution in [-0.2, 0) is 10.3 Å². The number of benzene rings is 1. The first-order valence-electron chi connectivity index (χ1n) is 6.98. The Morgan fingerprint density at radius 3 is 1.80 bits per heavy atom. The van der Waals surface area contributed by atoms with E-state index >= 15 is 0 Å². The van der Waals surface area contributed by atoms with Gasteiger partial charge in [-0.15, -0.1) is 0 Å². The summed E-state index contributed by atoms with van der Waals surface area (Å²) in [7, 11) is 0. The number of hydrogen-bond donors (Lipinski definition) is 1. The van der Waals surface area contributed by atoms with Crippen molar-refractivity contribution in [2.24, 2.45) is 0 Å². The number of ether oxygens (including phenoxy) is 1. The van der Waals surface area contributed by atoms with Gasteiger partial charge in [0.1, 0.15) is 0 Å². The Balaban J connectivity index is 3.17. The van der Waals surface area contributed by atoms with E-state index < -0.39 is 41.6 Å². The SMILES string of the molecule is CCOC(=O)c1ccc(C(C)(O)CC(F)(C(F)(F)F)C(F)(F)F)cc1. The second-order valence-corrected chi connectivity index (χ2v) is 5.55. The molecule has 25 heavy (non-hydrogen) atoms. The summed E-state index contributed by atoms with van der Waals surface area (Å²) in [5, 5.41) is 10.0. The van der Waals surface area contributed by atoms with Crippen molar-refractivity contribution in [3.05, 3.63) is 35.4 Å². The van der Waals surface area contributed by atoms with Crippen LogP contribution in [0.15, 0.2) is 24.3 Å². The van der Waals surface area contributed by atoms with Crippen LogP contribution in [0.3, 0.4) is 0 Å². The summed E-state index contributed by atoms with van der Waals surface area (Å²) in [5.74, 6) is -0.765. The maximum absolute atomic E-state index is 13.8. The van der Waals surface area contributed by atoms with Crippen LogP contribution in [0.4, 0.5) is 30.7 Å². The smallest absolute Gasteiger partial charge is 0.431 e. The van der Waals surface area contributed by atoms with Crippen LogP contribution < -0.4 is 0 Å². The van der Waals surface area contributed by atoms with Crippen LogP contribution in [0.1, 0.15) is 36.2 Å². The molecule has 0 saturated heterocycles. The highest BCUT2D eigenvalue weighted by atomic mass is 19.4. The zero-order chi connectivity index (χ0) is 19.7. The summed E-state index contributed by atoms with van der Waals surface area (Å²) in [4.78, 5) is 11.5. The van der Waals surface area contributed by atoms with E-state index in [2.05, 4.69) is 4.74 Å². The molecule has 0 heterocycles. The summed E-state index contributed by atoms with van der Waals surface area (Å²) in [6.45, 7) is 2.21. The van der Waals surface area contributed by atoms with Crippen LogP contribution in [-0.4, -0.2) is 35.7 Å². The first kappa shape index (κ1) is 21.2. The predicted molar refractivity (Wildman–Crippen MR) is 72.5 cm³/mol. The third-order valence-electron chi connectivity index (χ3n) is 3.50. The quantitative estimate of drug-likeness (QED) is 0.616. The molecule has 0 saturated carbocycles. The number of aliphatic hydroxyl groups is 1. The van der Waals surface area contributed by atoms with Crippen molar-refractivity contribution < 1.29 is 45.4 Å². The molecule has 0 aliphatic rings. The zero-order valence-electron chi connectivity index (χ0n) is 13.1. The molecule has 1 aromatic carbocycles. The topological polar surface area (TPSA) is 46.5 Å². The highest BCUT2D eigenvalue weighted by Crippen LogP contribution is 2.51. The van der Waals surface area contributed by atoms with Crippen LogP contribution in [0, 0.1) is 0 Å². The van der Waals surface area contributed by atoms with Gasteiger partial charge in [-0.05, 0) is 31.5 Å². The van der Waals surface area contributed by atoms with Gasteiger partial charge in [0.15, 0.2) is 0 Å². The minimum Gasteiger partial charge on any atom is -0.462 e. The predicted octanol–water partition coefficient (Wildman–Crippen LogP) is 4.29. The van der Waals surface area contributed by atoms with Gasteiger partial charge in [0.25, 0.3) is 0 Å². The lowest BCUT2D eigenvalue weighted by Crippen LogP contribution is -2.56. The second-order valence-electron chi connectivity index (χ2n) is 5.55. The number of esters is 1. The molecular formula is C15H15F7O3. The fraction of sp³-hybridized carbons (Fsp3) is 0.533. The van der Waals surface area contributed by atoms with Gasteiger partial charge in [-0.2, -0.15) is 26.3 Å². The highest BCUT2D eigenvalue weighted by Gasteiger charge is 2.73. The van der Waals surface area contributed by atoms with Crippen molar-refractivity contribution in [2.45, 2.75) is 43.9 Å². The first-order valence-corrected chi connectivity index (χ1v) is 6.98. The Bertz CT molecular complexity index is 589. The molecule has 0 amide bonds. The normalized spacial score (nSPS) is 15.6. The number of hydrogen-bond acceptors (Lipinski definition) is 3. The molecule has 0 spiro atoms. The first-order chi connectivity index (χ1) is 11.2. The molecule has 10 heteroatoms. The Morgan fingerprint density at radius 2 is 1.44 bits per heavy atom. The zero-order valence-corrected chi connectivity index (χ0v) is 13.1. The van der Waals surface area contributed by atoms with E-state index in [1.165, 1.54) is 6.92 Å². The monoisotopic (exact) mass is 376 g/mol. The largest absolute Gasteiger partial charge is 0.462 e. The average Bonchev–Trinajstić information content (AvgIpc) is 2.45. The fourth-order valence-electron chi connectivity index (χ4n) is 2.12. The molecule has 1 N–H and O–H groups in total. The molecule has 1 atom stereocenters. The maximum Gasteiger partial charge on any atom is 0.431 e. The van der Waals surface area contributed by atoms with Crippen molar-refractivity contribution in [3.63, 3.8) is 0 Å². The minimum atomic E-state index is -6.26. The number of carbonyl (C=O) groups is 1. The van der Waals surface area contributed by atoms with Gasteiger partial charge < -0.3 is 9.84 Å². The van der Waals surface area contributed by atoms with E-state index in [9.17, 15) is 40.6 Å². The van der Waals surface area contributed by atoms with Gasteiger partial charge in [-0.25, -0.2) is 9.18 Å².